The largest absolute Gasteiger partial charge is 0.381 e. The molecule has 4 nitrogen and oxygen atoms in total. The average Bonchev–Trinajstić information content (AvgIpc) is 2.40. The molecule has 0 heterocycles. The number of nitrogens with zero attached hydrogens (tertiary/aromatic N) is 1. The fourth-order valence-electron chi connectivity index (χ4n) is 2.07. The van der Waals surface area contributed by atoms with Crippen LogP contribution in [-0.4, -0.2) is 37.5 Å². The molecular weight excluding hydrogens is 252 g/mol. The van der Waals surface area contributed by atoms with Crippen molar-refractivity contribution in [3.8, 4) is 6.07 Å². The van der Waals surface area contributed by atoms with Crippen LogP contribution in [0.15, 0.2) is 0 Å². The summed E-state index contributed by atoms with van der Waals surface area (Å²) in [7, 11) is 1.72. The van der Waals surface area contributed by atoms with Crippen molar-refractivity contribution in [3.63, 3.8) is 0 Å². The van der Waals surface area contributed by atoms with Gasteiger partial charge in [-0.25, -0.2) is 0 Å². The number of hydrogen-bond acceptors (Lipinski definition) is 4. The highest BCUT2D eigenvalue weighted by Gasteiger charge is 2.27. The predicted octanol–water partition coefficient (Wildman–Crippen LogP) is 3.27. The van der Waals surface area contributed by atoms with Crippen LogP contribution in [0.25, 0.3) is 0 Å². The minimum absolute atomic E-state index is 0.126. The van der Waals surface area contributed by atoms with Gasteiger partial charge in [0.2, 0.25) is 0 Å². The summed E-state index contributed by atoms with van der Waals surface area (Å²) in [6.45, 7) is 11.7. The molecule has 0 aliphatic heterocycles. The fourth-order valence-corrected chi connectivity index (χ4v) is 2.07. The number of rotatable bonds is 11. The van der Waals surface area contributed by atoms with Gasteiger partial charge in [0.1, 0.15) is 5.54 Å². The Morgan fingerprint density at radius 1 is 1.20 bits per heavy atom. The van der Waals surface area contributed by atoms with Crippen LogP contribution in [0.2, 0.25) is 0 Å². The first-order valence-electron chi connectivity index (χ1n) is 7.62. The maximum atomic E-state index is 9.40. The van der Waals surface area contributed by atoms with E-state index in [-0.39, 0.29) is 5.60 Å². The number of ether oxygens (including phenoxy) is 2. The zero-order chi connectivity index (χ0) is 15.6. The van der Waals surface area contributed by atoms with Crippen molar-refractivity contribution in [2.24, 2.45) is 0 Å². The monoisotopic (exact) mass is 284 g/mol. The summed E-state index contributed by atoms with van der Waals surface area (Å²) < 4.78 is 11.0. The fraction of sp³-hybridized carbons (Fsp3) is 0.938. The second-order valence-electron chi connectivity index (χ2n) is 6.28. The summed E-state index contributed by atoms with van der Waals surface area (Å²) in [5.74, 6) is 0. The summed E-state index contributed by atoms with van der Waals surface area (Å²) in [6, 6.07) is 2.75. The van der Waals surface area contributed by atoms with E-state index in [2.05, 4.69) is 46.0 Å². The van der Waals surface area contributed by atoms with Crippen LogP contribution in [0, 0.1) is 11.3 Å². The molecule has 1 unspecified atom stereocenters. The zero-order valence-electron chi connectivity index (χ0n) is 14.1. The second kappa shape index (κ2) is 9.33. The lowest BCUT2D eigenvalue weighted by Crippen LogP contribution is -2.47. The van der Waals surface area contributed by atoms with Crippen molar-refractivity contribution in [1.82, 2.24) is 5.32 Å². The molecule has 0 bridgehead atoms. The van der Waals surface area contributed by atoms with E-state index in [0.717, 1.165) is 25.7 Å². The van der Waals surface area contributed by atoms with Crippen LogP contribution in [-0.2, 0) is 9.47 Å². The summed E-state index contributed by atoms with van der Waals surface area (Å²) in [6.07, 6.45) is 3.42. The standard InChI is InChI=1S/C16H32N2O2/c1-7-16(13-17,18-14(2)3)9-8-11-20-12-10-15(4,5)19-6/h14,18H,7-12H2,1-6H3. The molecule has 0 aromatic rings. The molecule has 118 valence electrons. The molecule has 0 radical (unpaired) electrons. The summed E-state index contributed by atoms with van der Waals surface area (Å²) >= 11 is 0. The topological polar surface area (TPSA) is 54.3 Å². The van der Waals surface area contributed by atoms with E-state index in [0.29, 0.717) is 19.3 Å². The molecule has 0 amide bonds. The van der Waals surface area contributed by atoms with E-state index < -0.39 is 5.54 Å². The van der Waals surface area contributed by atoms with Gasteiger partial charge in [0.05, 0.1) is 11.7 Å². The van der Waals surface area contributed by atoms with Crippen molar-refractivity contribution >= 4 is 0 Å². The predicted molar refractivity (Wildman–Crippen MR) is 82.7 cm³/mol. The number of hydrogen-bond donors (Lipinski definition) is 1. The Hall–Kier alpha value is -0.630. The number of nitrogens with one attached hydrogen (secondary N) is 1. The lowest BCUT2D eigenvalue weighted by molar-refractivity contribution is -0.0105. The average molecular weight is 284 g/mol. The first-order chi connectivity index (χ1) is 9.31. The molecule has 0 aliphatic carbocycles. The van der Waals surface area contributed by atoms with E-state index in [1.807, 2.05) is 0 Å². The third-order valence-corrected chi connectivity index (χ3v) is 3.68. The van der Waals surface area contributed by atoms with Crippen molar-refractivity contribution in [1.29, 1.82) is 5.26 Å². The van der Waals surface area contributed by atoms with Gasteiger partial charge in [-0.15, -0.1) is 0 Å². The van der Waals surface area contributed by atoms with Gasteiger partial charge < -0.3 is 9.47 Å². The van der Waals surface area contributed by atoms with Crippen LogP contribution < -0.4 is 5.32 Å². The van der Waals surface area contributed by atoms with Crippen LogP contribution in [0.1, 0.15) is 60.3 Å². The molecule has 0 fully saturated rings. The van der Waals surface area contributed by atoms with Crippen molar-refractivity contribution in [2.45, 2.75) is 77.5 Å². The highest BCUT2D eigenvalue weighted by molar-refractivity contribution is 5.06. The molecular formula is C16H32N2O2. The Kier molecular flexibility index (Phi) is 9.04. The molecule has 0 saturated carbocycles. The van der Waals surface area contributed by atoms with Crippen molar-refractivity contribution in [3.05, 3.63) is 0 Å². The molecule has 4 heteroatoms. The van der Waals surface area contributed by atoms with Gasteiger partial charge in [0.25, 0.3) is 0 Å². The van der Waals surface area contributed by atoms with E-state index in [1.165, 1.54) is 0 Å². The minimum Gasteiger partial charge on any atom is -0.381 e. The van der Waals surface area contributed by atoms with Crippen LogP contribution in [0.4, 0.5) is 0 Å². The Bertz CT molecular complexity index is 297. The Morgan fingerprint density at radius 2 is 1.85 bits per heavy atom. The summed E-state index contributed by atoms with van der Waals surface area (Å²) in [5, 5.41) is 12.8. The highest BCUT2D eigenvalue weighted by atomic mass is 16.5. The maximum absolute atomic E-state index is 9.40. The van der Waals surface area contributed by atoms with Crippen LogP contribution in [0.3, 0.4) is 0 Å². The maximum Gasteiger partial charge on any atom is 0.106 e. The van der Waals surface area contributed by atoms with Gasteiger partial charge >= 0.3 is 0 Å². The van der Waals surface area contributed by atoms with E-state index in [1.54, 1.807) is 7.11 Å². The molecule has 20 heavy (non-hydrogen) atoms. The van der Waals surface area contributed by atoms with E-state index in [4.69, 9.17) is 9.47 Å². The lowest BCUT2D eigenvalue weighted by Gasteiger charge is -2.29. The molecule has 1 N–H and O–H groups in total. The first kappa shape index (κ1) is 19.4. The molecule has 0 spiro atoms. The smallest absolute Gasteiger partial charge is 0.106 e. The SMILES string of the molecule is CCC(C#N)(CCCOCCC(C)(C)OC)NC(C)C. The van der Waals surface area contributed by atoms with Gasteiger partial charge in [-0.3, -0.25) is 5.32 Å². The summed E-state index contributed by atoms with van der Waals surface area (Å²) in [5.41, 5.74) is -0.539. The van der Waals surface area contributed by atoms with Crippen molar-refractivity contribution in [2.75, 3.05) is 20.3 Å². The molecule has 0 rings (SSSR count). The Balaban J connectivity index is 3.94. The van der Waals surface area contributed by atoms with E-state index in [9.17, 15) is 5.26 Å². The van der Waals surface area contributed by atoms with Gasteiger partial charge in [-0.2, -0.15) is 5.26 Å². The third kappa shape index (κ3) is 7.84. The highest BCUT2D eigenvalue weighted by Crippen LogP contribution is 2.18. The quantitative estimate of drug-likeness (QED) is 0.592. The van der Waals surface area contributed by atoms with Crippen LogP contribution in [0.5, 0.6) is 0 Å². The van der Waals surface area contributed by atoms with E-state index >= 15 is 0 Å². The first-order valence-corrected chi connectivity index (χ1v) is 7.62. The van der Waals surface area contributed by atoms with Crippen molar-refractivity contribution < 1.29 is 9.47 Å². The number of nitriles is 1. The van der Waals surface area contributed by atoms with Gasteiger partial charge in [0, 0.05) is 26.4 Å². The zero-order valence-corrected chi connectivity index (χ0v) is 14.1. The van der Waals surface area contributed by atoms with Crippen LogP contribution >= 0.6 is 0 Å². The van der Waals surface area contributed by atoms with Gasteiger partial charge in [-0.05, 0) is 53.4 Å². The molecule has 0 aromatic carbocycles. The molecule has 0 saturated heterocycles. The number of methoxy groups -OCH3 is 1. The van der Waals surface area contributed by atoms with Gasteiger partial charge in [0.15, 0.2) is 0 Å². The Morgan fingerprint density at radius 3 is 2.30 bits per heavy atom. The molecule has 1 atom stereocenters. The summed E-state index contributed by atoms with van der Waals surface area (Å²) in [4.78, 5) is 0. The Labute approximate surface area is 124 Å². The third-order valence-electron chi connectivity index (χ3n) is 3.68. The molecule has 0 aliphatic rings. The second-order valence-corrected chi connectivity index (χ2v) is 6.28. The normalized spacial score (nSPS) is 15.1. The lowest BCUT2D eigenvalue weighted by atomic mass is 9.91. The van der Waals surface area contributed by atoms with Gasteiger partial charge in [-0.1, -0.05) is 6.92 Å². The minimum atomic E-state index is -0.413. The molecule has 0 aromatic heterocycles.